The largest absolute Gasteiger partial charge is 0.481 e. The zero-order valence-electron chi connectivity index (χ0n) is 65.6. The van der Waals surface area contributed by atoms with E-state index in [1.165, 1.54) is 12.2 Å². The quantitative estimate of drug-likeness (QED) is 0.0121. The summed E-state index contributed by atoms with van der Waals surface area (Å²) in [4.78, 5) is 118. The number of likely N-dealkylation sites (N-methyl/N-ethyl adjacent to an activating group) is 1. The Morgan fingerprint density at radius 3 is 1.13 bits per heavy atom. The minimum atomic E-state index is -3.21. The van der Waals surface area contributed by atoms with Crippen molar-refractivity contribution in [3.63, 3.8) is 0 Å². The molecule has 0 spiro atoms. The molecule has 0 bridgehead atoms. The minimum absolute atomic E-state index is 0.0349. The molecule has 110 heavy (non-hydrogen) atoms. The Kier molecular flexibility index (Phi) is 25.8. The number of fused-ring (bicyclic) bond motifs is 1. The lowest BCUT2D eigenvalue weighted by atomic mass is 9.79. The van der Waals surface area contributed by atoms with Crippen molar-refractivity contribution in [2.45, 2.75) is 149 Å². The first kappa shape index (κ1) is 82.8. The number of carboxylic acids is 1. The molecule has 11 rings (SSSR count). The predicted octanol–water partition coefficient (Wildman–Crippen LogP) is 14.2. The second kappa shape index (κ2) is 34.3. The number of β-lactam (4-membered cyclic amide) rings is 2. The molecule has 2 saturated heterocycles. The van der Waals surface area contributed by atoms with Crippen LogP contribution in [0.3, 0.4) is 0 Å². The fourth-order valence-corrected chi connectivity index (χ4v) is 26.4. The van der Waals surface area contributed by atoms with Crippen LogP contribution in [-0.2, 0) is 59.9 Å². The van der Waals surface area contributed by atoms with E-state index < -0.39 is 84.4 Å². The molecule has 16 nitrogen and oxygen atoms in total. The van der Waals surface area contributed by atoms with Crippen LogP contribution in [0.1, 0.15) is 106 Å². The van der Waals surface area contributed by atoms with Gasteiger partial charge in [-0.2, -0.15) is 0 Å². The van der Waals surface area contributed by atoms with Gasteiger partial charge in [-0.1, -0.05) is 273 Å². The van der Waals surface area contributed by atoms with Gasteiger partial charge >= 0.3 is 17.9 Å². The predicted molar refractivity (Wildman–Crippen MR) is 450 cm³/mol. The van der Waals surface area contributed by atoms with Crippen molar-refractivity contribution >= 4 is 126 Å². The highest BCUT2D eigenvalue weighted by atomic mass is 31.2. The molecule has 6 atom stereocenters. The highest BCUT2D eigenvalue weighted by Crippen LogP contribution is 2.53. The van der Waals surface area contributed by atoms with Crippen LogP contribution in [0.5, 0.6) is 0 Å². The van der Waals surface area contributed by atoms with E-state index in [2.05, 4.69) is 80.9 Å². The smallest absolute Gasteiger partial charge is 0.356 e. The average Bonchev–Trinajstić information content (AvgIpc) is 0.770. The Balaban J connectivity index is 0.000000234. The van der Waals surface area contributed by atoms with E-state index in [9.17, 15) is 33.9 Å². The number of carbonyl (C=O) groups is 8. The van der Waals surface area contributed by atoms with E-state index in [0.29, 0.717) is 27.9 Å². The number of Topliss-reactive ketones (excluding diaryl/α,β-unsaturated/α-hetero) is 2. The van der Waals surface area contributed by atoms with Crippen molar-refractivity contribution in [3.05, 3.63) is 272 Å². The standard InChI is InChI=1S/C45H51N2O6PSi.C45H52NO7PSi/c1-9-27-52-44(51)43(54(34-19-13-10-14-20-34,35-21-15-11-16-22-35)36-23-17-12-18-24-36)47-38(41(42(47)50)31(2)53-55(7,8)45(3,4)5)30-39(48)33-26-25-32-29-40(49)46(6)37(32)28-33;1-9-27-52-44(51)43(54(35-19-13-10-14-20-35,36-21-15-11-16-22-36)37-23-17-12-18-24-37)46-38(41(42(46)50)32(3)53-55(7,8)45(4,5)6)30-39(47)34-26-25-33(29-40(48)49)31(2)28-34/h9-26,28,31,38,41H,1,27,29-30H2,2-8H3;9-26,28,32,38,41H,1,27,29-30H2,2-8H3,(H,48,49)/t31-,38-,41-;32-,38-,41-/m11/s1. The van der Waals surface area contributed by atoms with E-state index in [1.807, 2.05) is 202 Å². The number of likely N-dealkylation sites (tertiary alicyclic amines) is 2. The van der Waals surface area contributed by atoms with Crippen LogP contribution in [0.4, 0.5) is 5.69 Å². The lowest BCUT2D eigenvalue weighted by Crippen LogP contribution is -2.69. The normalized spacial score (nSPS) is 17.1. The molecule has 0 unspecified atom stereocenters. The van der Waals surface area contributed by atoms with Gasteiger partial charge in [-0.3, -0.25) is 28.8 Å². The molecule has 3 heterocycles. The summed E-state index contributed by atoms with van der Waals surface area (Å²) in [6.07, 6.45) is 1.84. The summed E-state index contributed by atoms with van der Waals surface area (Å²) in [5.41, 5.74) is 4.08. The second-order valence-electron chi connectivity index (χ2n) is 31.5. The Morgan fingerprint density at radius 1 is 0.509 bits per heavy atom. The Bertz CT molecular complexity index is 4680. The van der Waals surface area contributed by atoms with Crippen LogP contribution >= 0.6 is 13.8 Å². The molecule has 1 N–H and O–H groups in total. The molecule has 3 aliphatic rings. The molecule has 3 amide bonds. The van der Waals surface area contributed by atoms with Crippen LogP contribution in [0, 0.1) is 18.8 Å². The van der Waals surface area contributed by atoms with Crippen LogP contribution in [0.15, 0.2) is 244 Å². The number of hydrogen-bond donors (Lipinski definition) is 1. The molecule has 8 aromatic carbocycles. The third kappa shape index (κ3) is 16.7. The van der Waals surface area contributed by atoms with E-state index in [-0.39, 0.29) is 89.1 Å². The second-order valence-corrected chi connectivity index (χ2v) is 47.6. The van der Waals surface area contributed by atoms with Crippen molar-refractivity contribution in [1.29, 1.82) is 0 Å². The minimum Gasteiger partial charge on any atom is -0.481 e. The molecule has 0 aromatic heterocycles. The van der Waals surface area contributed by atoms with Gasteiger partial charge in [0.1, 0.15) is 24.0 Å². The number of nitrogens with zero attached hydrogens (tertiary/aromatic N) is 3. The van der Waals surface area contributed by atoms with Crippen LogP contribution in [-0.4, -0.2) is 134 Å². The maximum absolute atomic E-state index is 15.1. The first-order valence-electron chi connectivity index (χ1n) is 37.4. The van der Waals surface area contributed by atoms with Gasteiger partial charge in [0.2, 0.25) is 17.7 Å². The molecule has 8 aromatic rings. The SMILES string of the molecule is C=CCOC(=O)C(N1C(=O)[C@H]([C@@H](C)O[Si](C)(C)C(C)(C)C)[C@H]1CC(=O)c1ccc(CC(=O)O)c(C)c1)=P(c1ccccc1)(c1ccccc1)c1ccccc1.C=CCOC(=O)C(N1C(=O)[C@H]([C@@H](C)O[Si](C)(C)C(C)(C)C)[C@H]1CC(=O)c1ccc2c(c1)N(C)C(=O)C2)=P(c1ccccc1)(c1ccccc1)c1ccccc1. The molecule has 0 radical (unpaired) electrons. The monoisotopic (exact) mass is 1550 g/mol. The summed E-state index contributed by atoms with van der Waals surface area (Å²) in [6.45, 7) is 28.0. The van der Waals surface area contributed by atoms with Gasteiger partial charge in [0.15, 0.2) is 28.2 Å². The first-order chi connectivity index (χ1) is 52.2. The van der Waals surface area contributed by atoms with Gasteiger partial charge in [0.05, 0.1) is 49.0 Å². The fraction of sp³-hybridized carbons (Fsp3) is 0.311. The van der Waals surface area contributed by atoms with Crippen molar-refractivity contribution in [3.8, 4) is 0 Å². The zero-order chi connectivity index (χ0) is 79.8. The van der Waals surface area contributed by atoms with Gasteiger partial charge in [-0.05, 0) is 118 Å². The maximum atomic E-state index is 15.1. The summed E-state index contributed by atoms with van der Waals surface area (Å²) >= 11 is 0. The fourth-order valence-electron chi connectivity index (χ4n) is 14.7. The number of benzene rings is 8. The molecule has 574 valence electrons. The van der Waals surface area contributed by atoms with Gasteiger partial charge in [-0.25, -0.2) is 9.59 Å². The number of amides is 3. The number of anilines is 1. The zero-order valence-corrected chi connectivity index (χ0v) is 69.4. The number of hydrogen-bond acceptors (Lipinski definition) is 12. The van der Waals surface area contributed by atoms with Crippen molar-refractivity contribution in [1.82, 2.24) is 9.80 Å². The number of rotatable bonds is 28. The van der Waals surface area contributed by atoms with E-state index >= 15 is 9.59 Å². The topological polar surface area (TPSA) is 203 Å². The Hall–Kier alpha value is -9.65. The summed E-state index contributed by atoms with van der Waals surface area (Å²) < 4.78 is 25.6. The third-order valence-corrected chi connectivity index (χ3v) is 40.0. The van der Waals surface area contributed by atoms with Crippen LogP contribution < -0.4 is 36.7 Å². The van der Waals surface area contributed by atoms with Crippen LogP contribution in [0.25, 0.3) is 0 Å². The molecule has 20 heteroatoms. The van der Waals surface area contributed by atoms with Crippen molar-refractivity contribution in [2.75, 3.05) is 25.2 Å². The Labute approximate surface area is 650 Å². The van der Waals surface area contributed by atoms with Gasteiger partial charge in [-0.15, -0.1) is 0 Å². The maximum Gasteiger partial charge on any atom is 0.356 e. The highest BCUT2D eigenvalue weighted by molar-refractivity contribution is 7.97. The summed E-state index contributed by atoms with van der Waals surface area (Å²) in [5, 5.41) is 14.2. The van der Waals surface area contributed by atoms with E-state index in [1.54, 1.807) is 59.0 Å². The number of esters is 2. The first-order valence-corrected chi connectivity index (χ1v) is 46.8. The van der Waals surface area contributed by atoms with Crippen molar-refractivity contribution < 1.29 is 61.8 Å². The highest BCUT2D eigenvalue weighted by Gasteiger charge is 2.59. The molecule has 0 saturated carbocycles. The lowest BCUT2D eigenvalue weighted by Gasteiger charge is -2.53. The molecular formula is C90H103N3O13P2Si2. The summed E-state index contributed by atoms with van der Waals surface area (Å²) in [6, 6.07) is 67.5. The number of ether oxygens (including phenoxy) is 2. The average molecular weight is 1550 g/mol. The van der Waals surface area contributed by atoms with E-state index in [4.69, 9.17) is 18.3 Å². The van der Waals surface area contributed by atoms with Gasteiger partial charge in [0, 0.05) is 50.5 Å². The molecule has 3 aliphatic heterocycles. The Morgan fingerprint density at radius 2 is 0.827 bits per heavy atom. The number of aliphatic carboxylic acids is 1. The molecule has 2 fully saturated rings. The number of ketones is 2. The van der Waals surface area contributed by atoms with E-state index in [0.717, 1.165) is 37.4 Å². The summed E-state index contributed by atoms with van der Waals surface area (Å²) in [5.74, 6) is -4.81. The molecular weight excluding hydrogens is 1450 g/mol. The summed E-state index contributed by atoms with van der Waals surface area (Å²) in [7, 11) is -3.06. The third-order valence-electron chi connectivity index (χ3n) is 22.4. The number of carboxylic acid groups (broad SMARTS) is 1. The molecule has 0 aliphatic carbocycles. The van der Waals surface area contributed by atoms with Gasteiger partial charge in [0.25, 0.3) is 0 Å². The van der Waals surface area contributed by atoms with Crippen LogP contribution in [0.2, 0.25) is 36.3 Å². The lowest BCUT2D eigenvalue weighted by molar-refractivity contribution is -0.156. The van der Waals surface area contributed by atoms with Crippen molar-refractivity contribution in [2.24, 2.45) is 11.8 Å². The van der Waals surface area contributed by atoms with Gasteiger partial charge < -0.3 is 38.1 Å². The number of carbonyl (C=O) groups excluding carboxylic acids is 7. The number of aryl methyl sites for hydroxylation is 1.